The second-order valence-corrected chi connectivity index (χ2v) is 6.87. The first-order chi connectivity index (χ1) is 9.16. The van der Waals surface area contributed by atoms with E-state index in [2.05, 4.69) is 9.88 Å². The van der Waals surface area contributed by atoms with Crippen LogP contribution in [-0.2, 0) is 6.54 Å². The minimum atomic E-state index is -4.13. The van der Waals surface area contributed by atoms with Crippen molar-refractivity contribution in [1.82, 2.24) is 14.8 Å². The summed E-state index contributed by atoms with van der Waals surface area (Å²) >= 11 is 1.42. The fourth-order valence-electron chi connectivity index (χ4n) is 2.56. The van der Waals surface area contributed by atoms with Gasteiger partial charge in [0.05, 0.1) is 6.54 Å². The van der Waals surface area contributed by atoms with E-state index in [-0.39, 0.29) is 17.9 Å². The number of hydrogen-bond donors (Lipinski definition) is 1. The molecule has 0 radical (unpaired) electrons. The molecule has 0 unspecified atom stereocenters. The largest absolute Gasteiger partial charge is 0.401 e. The van der Waals surface area contributed by atoms with Crippen LogP contribution in [0.2, 0.25) is 0 Å². The number of aromatic nitrogens is 1. The first-order valence-electron chi connectivity index (χ1n) is 6.40. The van der Waals surface area contributed by atoms with Gasteiger partial charge in [0.1, 0.15) is 0 Å². The molecule has 9 heteroatoms. The molecule has 1 aromatic rings. The molecule has 4 nitrogen and oxygen atoms in total. The number of alkyl halides is 3. The zero-order valence-electron chi connectivity index (χ0n) is 12.0. The average molecular weight is 345 g/mol. The zero-order valence-corrected chi connectivity index (χ0v) is 13.6. The van der Waals surface area contributed by atoms with Gasteiger partial charge in [0, 0.05) is 42.8 Å². The fourth-order valence-corrected chi connectivity index (χ4v) is 3.26. The molecule has 2 heterocycles. The molecule has 0 aliphatic carbocycles. The number of halogens is 4. The Morgan fingerprint density at radius 1 is 1.38 bits per heavy atom. The summed E-state index contributed by atoms with van der Waals surface area (Å²) in [6.07, 6.45) is -2.40. The Hall–Kier alpha value is -0.570. The van der Waals surface area contributed by atoms with Gasteiger partial charge in [-0.05, 0) is 13.8 Å². The van der Waals surface area contributed by atoms with Crippen LogP contribution in [0, 0.1) is 0 Å². The molecular weight excluding hydrogens is 325 g/mol. The third kappa shape index (κ3) is 5.28. The van der Waals surface area contributed by atoms with Crippen molar-refractivity contribution in [3.63, 3.8) is 0 Å². The topological polar surface area (TPSA) is 45.4 Å². The number of hydrogen-bond acceptors (Lipinski definition) is 5. The molecule has 0 amide bonds. The lowest BCUT2D eigenvalue weighted by Gasteiger charge is -2.47. The van der Waals surface area contributed by atoms with Gasteiger partial charge < -0.3 is 5.73 Å². The Morgan fingerprint density at radius 3 is 2.52 bits per heavy atom. The highest BCUT2D eigenvalue weighted by Gasteiger charge is 2.38. The average Bonchev–Trinajstić information content (AvgIpc) is 2.65. The van der Waals surface area contributed by atoms with E-state index in [1.165, 1.54) is 16.2 Å². The van der Waals surface area contributed by atoms with Crippen molar-refractivity contribution in [3.05, 3.63) is 11.1 Å². The molecule has 21 heavy (non-hydrogen) atoms. The number of nitrogens with zero attached hydrogens (tertiary/aromatic N) is 3. The first-order valence-corrected chi connectivity index (χ1v) is 7.22. The predicted molar refractivity (Wildman–Crippen MR) is 80.8 cm³/mol. The van der Waals surface area contributed by atoms with E-state index in [9.17, 15) is 13.2 Å². The Kier molecular flexibility index (Phi) is 5.88. The van der Waals surface area contributed by atoms with Crippen molar-refractivity contribution in [1.29, 1.82) is 0 Å². The third-order valence-corrected chi connectivity index (χ3v) is 4.29. The molecule has 0 atom stereocenters. The van der Waals surface area contributed by atoms with Crippen LogP contribution in [0.25, 0.3) is 0 Å². The first kappa shape index (κ1) is 18.5. The molecule has 2 rings (SSSR count). The van der Waals surface area contributed by atoms with Gasteiger partial charge in [-0.1, -0.05) is 0 Å². The lowest BCUT2D eigenvalue weighted by Crippen LogP contribution is -2.59. The van der Waals surface area contributed by atoms with Crippen LogP contribution in [0.3, 0.4) is 0 Å². The lowest BCUT2D eigenvalue weighted by atomic mass is 9.98. The molecule has 122 valence electrons. The molecule has 1 aliphatic rings. The molecule has 1 aromatic heterocycles. The fraction of sp³-hybridized carbons (Fsp3) is 0.750. The van der Waals surface area contributed by atoms with E-state index >= 15 is 0 Å². The highest BCUT2D eigenvalue weighted by atomic mass is 35.5. The Labute approximate surface area is 132 Å². The van der Waals surface area contributed by atoms with Crippen LogP contribution in [-0.4, -0.2) is 52.7 Å². The molecule has 1 aliphatic heterocycles. The molecular formula is C12H20ClF3N4S. The Bertz CT molecular complexity index is 464. The summed E-state index contributed by atoms with van der Waals surface area (Å²) in [6, 6.07) is 0. The van der Waals surface area contributed by atoms with Crippen molar-refractivity contribution >= 4 is 28.9 Å². The molecule has 1 fully saturated rings. The van der Waals surface area contributed by atoms with Gasteiger partial charge >= 0.3 is 6.18 Å². The van der Waals surface area contributed by atoms with Crippen molar-refractivity contribution in [2.45, 2.75) is 32.1 Å². The lowest BCUT2D eigenvalue weighted by molar-refractivity contribution is -0.155. The van der Waals surface area contributed by atoms with Crippen molar-refractivity contribution in [2.24, 2.45) is 0 Å². The molecule has 0 bridgehead atoms. The Balaban J connectivity index is 0.00000220. The normalized spacial score (nSPS) is 20.2. The van der Waals surface area contributed by atoms with Gasteiger partial charge in [-0.25, -0.2) is 4.98 Å². The standard InChI is InChI=1S/C12H19F3N4S.ClH/c1-11(2)7-18(8-12(13,14)15)3-4-19(11)6-9-5-17-10(16)20-9;/h5H,3-4,6-8H2,1-2H3,(H2,16,17);1H. The highest BCUT2D eigenvalue weighted by molar-refractivity contribution is 7.15. The van der Waals surface area contributed by atoms with E-state index in [4.69, 9.17) is 5.73 Å². The van der Waals surface area contributed by atoms with Crippen molar-refractivity contribution < 1.29 is 13.2 Å². The minimum absolute atomic E-state index is 0. The maximum atomic E-state index is 12.5. The molecule has 0 spiro atoms. The number of nitrogen functional groups attached to an aromatic ring is 1. The highest BCUT2D eigenvalue weighted by Crippen LogP contribution is 2.27. The van der Waals surface area contributed by atoms with Crippen LogP contribution in [0.5, 0.6) is 0 Å². The zero-order chi connectivity index (χ0) is 15.0. The van der Waals surface area contributed by atoms with Crippen molar-refractivity contribution in [2.75, 3.05) is 31.9 Å². The van der Waals surface area contributed by atoms with Gasteiger partial charge in [-0.15, -0.1) is 23.7 Å². The summed E-state index contributed by atoms with van der Waals surface area (Å²) in [6.45, 7) is 5.23. The second-order valence-electron chi connectivity index (χ2n) is 5.72. The Morgan fingerprint density at radius 2 is 2.05 bits per heavy atom. The molecule has 0 aromatic carbocycles. The van der Waals surface area contributed by atoms with Crippen molar-refractivity contribution in [3.8, 4) is 0 Å². The smallest absolute Gasteiger partial charge is 0.375 e. The van der Waals surface area contributed by atoms with E-state index in [0.29, 0.717) is 31.3 Å². The summed E-state index contributed by atoms with van der Waals surface area (Å²) < 4.78 is 37.4. The number of nitrogens with two attached hydrogens (primary N) is 1. The maximum absolute atomic E-state index is 12.5. The number of thiazole rings is 1. The summed E-state index contributed by atoms with van der Waals surface area (Å²) in [7, 11) is 0. The number of rotatable bonds is 3. The number of anilines is 1. The van der Waals surface area contributed by atoms with E-state index in [0.717, 1.165) is 4.88 Å². The summed E-state index contributed by atoms with van der Waals surface area (Å²) in [4.78, 5) is 8.70. The van der Waals surface area contributed by atoms with E-state index in [1.807, 2.05) is 13.8 Å². The SMILES string of the molecule is CC1(C)CN(CC(F)(F)F)CCN1Cc1cnc(N)s1.Cl. The minimum Gasteiger partial charge on any atom is -0.375 e. The monoisotopic (exact) mass is 344 g/mol. The van der Waals surface area contributed by atoms with Gasteiger partial charge in [-0.2, -0.15) is 13.2 Å². The third-order valence-electron chi connectivity index (χ3n) is 3.47. The van der Waals surface area contributed by atoms with Crippen LogP contribution >= 0.6 is 23.7 Å². The van der Waals surface area contributed by atoms with E-state index < -0.39 is 12.7 Å². The van der Waals surface area contributed by atoms with Gasteiger partial charge in [-0.3, -0.25) is 9.80 Å². The summed E-state index contributed by atoms with van der Waals surface area (Å²) in [5, 5.41) is 0.522. The molecule has 2 N–H and O–H groups in total. The molecule has 1 saturated heterocycles. The molecule has 0 saturated carbocycles. The number of piperazine rings is 1. The van der Waals surface area contributed by atoms with Gasteiger partial charge in [0.15, 0.2) is 5.13 Å². The van der Waals surface area contributed by atoms with Crippen LogP contribution in [0.1, 0.15) is 18.7 Å². The van der Waals surface area contributed by atoms with E-state index in [1.54, 1.807) is 6.20 Å². The summed E-state index contributed by atoms with van der Waals surface area (Å²) in [5.74, 6) is 0. The van der Waals surface area contributed by atoms with Crippen LogP contribution < -0.4 is 5.73 Å². The van der Waals surface area contributed by atoms with Crippen LogP contribution in [0.4, 0.5) is 18.3 Å². The maximum Gasteiger partial charge on any atom is 0.401 e. The second kappa shape index (κ2) is 6.68. The quantitative estimate of drug-likeness (QED) is 0.915. The van der Waals surface area contributed by atoms with Crippen LogP contribution in [0.15, 0.2) is 6.20 Å². The van der Waals surface area contributed by atoms with Gasteiger partial charge in [0.2, 0.25) is 0 Å². The van der Waals surface area contributed by atoms with Gasteiger partial charge in [0.25, 0.3) is 0 Å². The predicted octanol–water partition coefficient (Wildman–Crippen LogP) is 2.61. The summed E-state index contributed by atoms with van der Waals surface area (Å²) in [5.41, 5.74) is 5.30.